The van der Waals surface area contributed by atoms with Crippen LogP contribution in [0.2, 0.25) is 5.02 Å². The van der Waals surface area contributed by atoms with Gasteiger partial charge >= 0.3 is 0 Å². The topological polar surface area (TPSA) is 55.6 Å². The highest BCUT2D eigenvalue weighted by atomic mass is 35.5. The van der Waals surface area contributed by atoms with Gasteiger partial charge in [-0.3, -0.25) is 10.1 Å². The fourth-order valence-corrected chi connectivity index (χ4v) is 4.39. The summed E-state index contributed by atoms with van der Waals surface area (Å²) in [5.41, 5.74) is 1.65. The fraction of sp³-hybridized carbons (Fsp3) is 0.263. The highest BCUT2D eigenvalue weighted by molar-refractivity contribution is 6.32. The number of ether oxygens (including phenoxy) is 1. The Labute approximate surface area is 150 Å². The van der Waals surface area contributed by atoms with Crippen molar-refractivity contribution in [1.82, 2.24) is 0 Å². The Balaban J connectivity index is 1.86. The number of benzene rings is 2. The summed E-state index contributed by atoms with van der Waals surface area (Å²) in [6.07, 6.45) is 3.86. The maximum atomic E-state index is 11.0. The number of rotatable bonds is 1. The second-order valence-corrected chi connectivity index (χ2v) is 7.34. The van der Waals surface area contributed by atoms with Crippen LogP contribution in [0.4, 0.5) is 11.4 Å². The van der Waals surface area contributed by atoms with Gasteiger partial charge in [-0.15, -0.1) is 0 Å². The minimum Gasteiger partial charge on any atom is -0.463 e. The highest BCUT2D eigenvalue weighted by Gasteiger charge is 2.58. The molecular weight excluding hydrogens is 340 g/mol. The van der Waals surface area contributed by atoms with E-state index < -0.39 is 16.1 Å². The standard InChI is InChI=1S/C19H17ClN2O3/c1-18(2)17-14(20)5-4-6-15(17)21(3)19(18)10-9-12-11-13(22(23)24)7-8-16(12)25-19/h4-11H,1-3H3. The van der Waals surface area contributed by atoms with E-state index in [1.807, 2.05) is 37.4 Å². The van der Waals surface area contributed by atoms with Crippen molar-refractivity contribution in [2.45, 2.75) is 25.0 Å². The molecular formula is C19H17ClN2O3. The summed E-state index contributed by atoms with van der Waals surface area (Å²) in [5.74, 6) is 0.622. The molecule has 0 saturated heterocycles. The third-order valence-electron chi connectivity index (χ3n) is 5.33. The van der Waals surface area contributed by atoms with Crippen LogP contribution in [0.1, 0.15) is 25.0 Å². The summed E-state index contributed by atoms with van der Waals surface area (Å²) in [7, 11) is 1.98. The van der Waals surface area contributed by atoms with Gasteiger partial charge < -0.3 is 9.64 Å². The van der Waals surface area contributed by atoms with Crippen LogP contribution in [0.5, 0.6) is 5.75 Å². The molecule has 2 aliphatic heterocycles. The van der Waals surface area contributed by atoms with Crippen LogP contribution in [0, 0.1) is 10.1 Å². The van der Waals surface area contributed by atoms with Crippen molar-refractivity contribution in [3.63, 3.8) is 0 Å². The Kier molecular flexibility index (Phi) is 3.19. The van der Waals surface area contributed by atoms with Crippen LogP contribution >= 0.6 is 11.6 Å². The van der Waals surface area contributed by atoms with Gasteiger partial charge in [-0.05, 0) is 44.2 Å². The average Bonchev–Trinajstić information content (AvgIpc) is 2.74. The third kappa shape index (κ3) is 1.96. The summed E-state index contributed by atoms with van der Waals surface area (Å²) < 4.78 is 6.44. The van der Waals surface area contributed by atoms with Gasteiger partial charge in [-0.2, -0.15) is 0 Å². The first kappa shape index (κ1) is 16.0. The summed E-state index contributed by atoms with van der Waals surface area (Å²) in [6.45, 7) is 4.20. The molecule has 4 rings (SSSR count). The molecule has 0 radical (unpaired) electrons. The molecule has 0 aliphatic carbocycles. The predicted octanol–water partition coefficient (Wildman–Crippen LogP) is 4.78. The van der Waals surface area contributed by atoms with Crippen LogP contribution in [0.3, 0.4) is 0 Å². The predicted molar refractivity (Wildman–Crippen MR) is 98.4 cm³/mol. The normalized spacial score (nSPS) is 22.5. The van der Waals surface area contributed by atoms with E-state index in [-0.39, 0.29) is 5.69 Å². The third-order valence-corrected chi connectivity index (χ3v) is 5.65. The van der Waals surface area contributed by atoms with Gasteiger partial charge in [-0.25, -0.2) is 0 Å². The summed E-state index contributed by atoms with van der Waals surface area (Å²) in [6, 6.07) is 10.5. The molecule has 0 aromatic heterocycles. The van der Waals surface area contributed by atoms with Gasteiger partial charge in [0.25, 0.3) is 5.69 Å². The minimum atomic E-state index is -0.747. The van der Waals surface area contributed by atoms with Gasteiger partial charge in [0.05, 0.1) is 10.3 Å². The minimum absolute atomic E-state index is 0.0494. The zero-order valence-electron chi connectivity index (χ0n) is 14.1. The molecule has 1 spiro atoms. The zero-order valence-corrected chi connectivity index (χ0v) is 14.9. The quantitative estimate of drug-likeness (QED) is 0.545. The first-order valence-electron chi connectivity index (χ1n) is 7.97. The van der Waals surface area contributed by atoms with Crippen LogP contribution in [0.25, 0.3) is 6.08 Å². The Morgan fingerprint density at radius 3 is 2.68 bits per heavy atom. The highest BCUT2D eigenvalue weighted by Crippen LogP contribution is 2.56. The van der Waals surface area contributed by atoms with Crippen molar-refractivity contribution < 1.29 is 9.66 Å². The van der Waals surface area contributed by atoms with E-state index in [1.165, 1.54) is 12.1 Å². The molecule has 6 heteroatoms. The van der Waals surface area contributed by atoms with Crippen molar-refractivity contribution in [2.75, 3.05) is 11.9 Å². The van der Waals surface area contributed by atoms with E-state index in [1.54, 1.807) is 6.07 Å². The number of nitro benzene ring substituents is 1. The number of hydrogen-bond donors (Lipinski definition) is 0. The van der Waals surface area contributed by atoms with Crippen LogP contribution in [0.15, 0.2) is 42.5 Å². The van der Waals surface area contributed by atoms with Crippen molar-refractivity contribution in [3.05, 3.63) is 68.7 Å². The van der Waals surface area contributed by atoms with E-state index in [0.29, 0.717) is 16.3 Å². The smallest absolute Gasteiger partial charge is 0.270 e. The maximum Gasteiger partial charge on any atom is 0.270 e. The lowest BCUT2D eigenvalue weighted by Gasteiger charge is -2.45. The number of fused-ring (bicyclic) bond motifs is 2. The largest absolute Gasteiger partial charge is 0.463 e. The van der Waals surface area contributed by atoms with E-state index in [0.717, 1.165) is 11.3 Å². The molecule has 2 aromatic rings. The van der Waals surface area contributed by atoms with Crippen LogP contribution in [-0.4, -0.2) is 17.7 Å². The van der Waals surface area contributed by atoms with E-state index in [9.17, 15) is 10.1 Å². The van der Waals surface area contributed by atoms with Gasteiger partial charge in [0.2, 0.25) is 5.72 Å². The Hall–Kier alpha value is -2.53. The van der Waals surface area contributed by atoms with E-state index in [2.05, 4.69) is 18.7 Å². The van der Waals surface area contributed by atoms with Gasteiger partial charge in [0.15, 0.2) is 0 Å². The number of halogens is 1. The lowest BCUT2D eigenvalue weighted by molar-refractivity contribution is -0.384. The van der Waals surface area contributed by atoms with Gasteiger partial charge in [0.1, 0.15) is 5.75 Å². The van der Waals surface area contributed by atoms with Crippen molar-refractivity contribution >= 4 is 29.1 Å². The lowest BCUT2D eigenvalue weighted by atomic mass is 9.76. The first-order chi connectivity index (χ1) is 11.8. The molecule has 1 unspecified atom stereocenters. The molecule has 2 aromatic carbocycles. The number of nitrogens with zero attached hydrogens (tertiary/aromatic N) is 2. The molecule has 0 bridgehead atoms. The molecule has 25 heavy (non-hydrogen) atoms. The molecule has 0 N–H and O–H groups in total. The Morgan fingerprint density at radius 2 is 2.00 bits per heavy atom. The number of hydrogen-bond acceptors (Lipinski definition) is 4. The van der Waals surface area contributed by atoms with Crippen molar-refractivity contribution in [2.24, 2.45) is 0 Å². The van der Waals surface area contributed by atoms with E-state index >= 15 is 0 Å². The first-order valence-corrected chi connectivity index (χ1v) is 8.35. The molecule has 2 heterocycles. The van der Waals surface area contributed by atoms with Crippen molar-refractivity contribution in [3.8, 4) is 5.75 Å². The molecule has 5 nitrogen and oxygen atoms in total. The Bertz CT molecular complexity index is 938. The number of nitro groups is 1. The van der Waals surface area contributed by atoms with Crippen LogP contribution in [-0.2, 0) is 5.41 Å². The zero-order chi connectivity index (χ0) is 18.0. The SMILES string of the molecule is CN1c2cccc(Cl)c2C(C)(C)C12C=Cc1cc([N+](=O)[O-])ccc1O2. The molecule has 1 atom stereocenters. The van der Waals surface area contributed by atoms with Crippen LogP contribution < -0.4 is 9.64 Å². The average molecular weight is 357 g/mol. The second kappa shape index (κ2) is 4.99. The summed E-state index contributed by atoms with van der Waals surface area (Å²) in [4.78, 5) is 12.7. The number of likely N-dealkylation sites (N-methyl/N-ethyl adjacent to an activating group) is 1. The Morgan fingerprint density at radius 1 is 1.24 bits per heavy atom. The van der Waals surface area contributed by atoms with Crippen molar-refractivity contribution in [1.29, 1.82) is 0 Å². The molecule has 128 valence electrons. The van der Waals surface area contributed by atoms with Gasteiger partial charge in [-0.1, -0.05) is 17.7 Å². The monoisotopic (exact) mass is 356 g/mol. The fourth-order valence-electron chi connectivity index (χ4n) is 3.98. The number of anilines is 1. The maximum absolute atomic E-state index is 11.0. The molecule has 0 amide bonds. The molecule has 0 saturated carbocycles. The van der Waals surface area contributed by atoms with Gasteiger partial charge in [0, 0.05) is 41.0 Å². The second-order valence-electron chi connectivity index (χ2n) is 6.93. The summed E-state index contributed by atoms with van der Waals surface area (Å²) in [5, 5.41) is 11.7. The lowest BCUT2D eigenvalue weighted by Crippen LogP contribution is -2.58. The molecule has 2 aliphatic rings. The molecule has 0 fully saturated rings. The number of non-ortho nitro benzene ring substituents is 1. The summed E-state index contributed by atoms with van der Waals surface area (Å²) >= 11 is 6.50. The van der Waals surface area contributed by atoms with E-state index in [4.69, 9.17) is 16.3 Å².